The van der Waals surface area contributed by atoms with Crippen LogP contribution in [0.3, 0.4) is 0 Å². The number of primary amides is 1. The van der Waals surface area contributed by atoms with Crippen molar-refractivity contribution in [3.63, 3.8) is 0 Å². The van der Waals surface area contributed by atoms with Crippen LogP contribution in [0.25, 0.3) is 5.69 Å². The molecule has 0 spiro atoms. The van der Waals surface area contributed by atoms with Gasteiger partial charge in [0.1, 0.15) is 5.69 Å². The van der Waals surface area contributed by atoms with Gasteiger partial charge in [-0.15, -0.1) is 0 Å². The van der Waals surface area contributed by atoms with Gasteiger partial charge in [0, 0.05) is 19.6 Å². The van der Waals surface area contributed by atoms with E-state index >= 15 is 0 Å². The number of pyridine rings is 1. The van der Waals surface area contributed by atoms with E-state index in [0.29, 0.717) is 46.7 Å². The fourth-order valence-corrected chi connectivity index (χ4v) is 5.20. The van der Waals surface area contributed by atoms with Gasteiger partial charge in [0.25, 0.3) is 5.91 Å². The van der Waals surface area contributed by atoms with Gasteiger partial charge in [-0.3, -0.25) is 14.7 Å². The van der Waals surface area contributed by atoms with Crippen molar-refractivity contribution in [3.8, 4) is 5.69 Å². The molecule has 0 atom stereocenters. The van der Waals surface area contributed by atoms with Crippen LogP contribution in [0.1, 0.15) is 16.2 Å². The van der Waals surface area contributed by atoms with Gasteiger partial charge in [0.2, 0.25) is 0 Å². The number of nitrogens with zero attached hydrogens (tertiary/aromatic N) is 4. The molecule has 32 heavy (non-hydrogen) atoms. The zero-order valence-corrected chi connectivity index (χ0v) is 19.2. The summed E-state index contributed by atoms with van der Waals surface area (Å²) in [6.07, 6.45) is 3.20. The minimum absolute atomic E-state index is 0.0274. The molecule has 0 unspecified atom stereocenters. The van der Waals surface area contributed by atoms with E-state index in [1.165, 1.54) is 4.68 Å². The average molecular weight is 495 g/mol. The number of nitrogens with one attached hydrogen (secondary N) is 1. The third kappa shape index (κ3) is 5.04. The van der Waals surface area contributed by atoms with Gasteiger partial charge in [-0.2, -0.15) is 5.10 Å². The molecule has 1 aromatic carbocycles. The molecular weight excluding hydrogens is 475 g/mol. The van der Waals surface area contributed by atoms with Crippen LogP contribution in [-0.4, -0.2) is 58.6 Å². The van der Waals surface area contributed by atoms with Gasteiger partial charge < -0.3 is 11.1 Å². The molecule has 0 saturated carbocycles. The zero-order chi connectivity index (χ0) is 22.9. The van der Waals surface area contributed by atoms with Crippen molar-refractivity contribution in [1.82, 2.24) is 19.7 Å². The molecule has 4 rings (SSSR count). The van der Waals surface area contributed by atoms with Crippen LogP contribution in [-0.2, 0) is 16.4 Å². The van der Waals surface area contributed by atoms with Crippen molar-refractivity contribution in [3.05, 3.63) is 64.2 Å². The second-order valence-corrected chi connectivity index (χ2v) is 10.5. The molecule has 3 aromatic rings. The maximum Gasteiger partial charge on any atom is 0.271 e. The number of carbonyl (C=O) groups excluding carboxylic acids is 1. The number of aromatic nitrogens is 3. The van der Waals surface area contributed by atoms with Crippen molar-refractivity contribution in [2.75, 3.05) is 29.9 Å². The number of hydrogen-bond donors (Lipinski definition) is 2. The van der Waals surface area contributed by atoms with Crippen molar-refractivity contribution in [1.29, 1.82) is 0 Å². The normalized spacial score (nSPS) is 16.1. The van der Waals surface area contributed by atoms with E-state index in [1.807, 2.05) is 12.1 Å². The monoisotopic (exact) mass is 494 g/mol. The molecule has 3 heterocycles. The summed E-state index contributed by atoms with van der Waals surface area (Å²) >= 11 is 12.5. The molecule has 12 heteroatoms. The van der Waals surface area contributed by atoms with Crippen LogP contribution in [0.2, 0.25) is 10.0 Å². The molecule has 1 aliphatic rings. The molecule has 2 aromatic heterocycles. The van der Waals surface area contributed by atoms with E-state index in [1.54, 1.807) is 30.6 Å². The number of halogens is 2. The number of hydrogen-bond acceptors (Lipinski definition) is 7. The average Bonchev–Trinajstić information content (AvgIpc) is 3.14. The Morgan fingerprint density at radius 1 is 1.12 bits per heavy atom. The highest BCUT2D eigenvalue weighted by Gasteiger charge is 2.22. The van der Waals surface area contributed by atoms with E-state index in [0.717, 1.165) is 5.69 Å². The minimum Gasteiger partial charge on any atom is -0.364 e. The quantitative estimate of drug-likeness (QED) is 0.539. The van der Waals surface area contributed by atoms with Crippen molar-refractivity contribution in [2.45, 2.75) is 6.54 Å². The Labute approximate surface area is 195 Å². The number of nitrogens with two attached hydrogens (primary N) is 1. The largest absolute Gasteiger partial charge is 0.364 e. The van der Waals surface area contributed by atoms with E-state index < -0.39 is 15.7 Å². The number of anilines is 2. The van der Waals surface area contributed by atoms with Crippen molar-refractivity contribution in [2.24, 2.45) is 5.73 Å². The molecule has 0 bridgehead atoms. The third-order valence-electron chi connectivity index (χ3n) is 5.04. The molecule has 9 nitrogen and oxygen atoms in total. The van der Waals surface area contributed by atoms with Gasteiger partial charge in [-0.25, -0.2) is 13.1 Å². The molecule has 3 N–H and O–H groups in total. The van der Waals surface area contributed by atoms with Crippen molar-refractivity contribution < 1.29 is 13.2 Å². The lowest BCUT2D eigenvalue weighted by Gasteiger charge is -2.26. The first-order valence-corrected chi connectivity index (χ1v) is 12.3. The zero-order valence-electron chi connectivity index (χ0n) is 16.8. The molecule has 1 saturated heterocycles. The highest BCUT2D eigenvalue weighted by atomic mass is 35.5. The molecular formula is C20H20Cl2N6O3S. The first kappa shape index (κ1) is 22.5. The lowest BCUT2D eigenvalue weighted by molar-refractivity contribution is 0.0996. The maximum atomic E-state index is 11.9. The Hall–Kier alpha value is -2.66. The van der Waals surface area contributed by atoms with Crippen LogP contribution >= 0.6 is 23.2 Å². The second kappa shape index (κ2) is 9.07. The summed E-state index contributed by atoms with van der Waals surface area (Å²) in [6.45, 7) is 1.55. The fourth-order valence-electron chi connectivity index (χ4n) is 3.35. The number of amides is 1. The summed E-state index contributed by atoms with van der Waals surface area (Å²) in [6, 6.07) is 8.70. The second-order valence-electron chi connectivity index (χ2n) is 7.36. The van der Waals surface area contributed by atoms with E-state index in [2.05, 4.69) is 20.3 Å². The SMILES string of the molecule is NC(=O)c1nn(-c2c(Cl)cccc2Cl)cc1Nc1ccc(CN2CCS(=O)(=O)CC2)nc1. The predicted molar refractivity (Wildman–Crippen MR) is 124 cm³/mol. The number of para-hydroxylation sites is 1. The molecule has 0 radical (unpaired) electrons. The van der Waals surface area contributed by atoms with Gasteiger partial charge >= 0.3 is 0 Å². The Morgan fingerprint density at radius 2 is 1.81 bits per heavy atom. The van der Waals surface area contributed by atoms with Crippen molar-refractivity contribution >= 4 is 50.3 Å². The van der Waals surface area contributed by atoms with Crippen LogP contribution in [0.15, 0.2) is 42.7 Å². The Kier molecular flexibility index (Phi) is 6.38. The summed E-state index contributed by atoms with van der Waals surface area (Å²) in [5.41, 5.74) is 7.77. The fraction of sp³-hybridized carbons (Fsp3) is 0.250. The smallest absolute Gasteiger partial charge is 0.271 e. The Balaban J connectivity index is 1.51. The topological polar surface area (TPSA) is 123 Å². The summed E-state index contributed by atoms with van der Waals surface area (Å²) < 4.78 is 24.5. The van der Waals surface area contributed by atoms with Gasteiger partial charge in [0.05, 0.1) is 51.0 Å². The molecule has 168 valence electrons. The number of rotatable bonds is 6. The van der Waals surface area contributed by atoms with Gasteiger partial charge in [0.15, 0.2) is 15.5 Å². The number of sulfone groups is 1. The molecule has 1 fully saturated rings. The third-order valence-corrected chi connectivity index (χ3v) is 7.26. The summed E-state index contributed by atoms with van der Waals surface area (Å²) in [5, 5.41) is 8.09. The molecule has 1 aliphatic heterocycles. The Bertz CT molecular complexity index is 1230. The van der Waals surface area contributed by atoms with E-state index in [4.69, 9.17) is 28.9 Å². The molecule has 1 amide bonds. The Morgan fingerprint density at radius 3 is 2.41 bits per heavy atom. The maximum absolute atomic E-state index is 11.9. The van der Waals surface area contributed by atoms with Crippen LogP contribution in [0, 0.1) is 0 Å². The van der Waals surface area contributed by atoms with Gasteiger partial charge in [-0.05, 0) is 24.3 Å². The minimum atomic E-state index is -2.92. The summed E-state index contributed by atoms with van der Waals surface area (Å²) in [4.78, 5) is 18.4. The molecule has 0 aliphatic carbocycles. The highest BCUT2D eigenvalue weighted by molar-refractivity contribution is 7.91. The lowest BCUT2D eigenvalue weighted by Crippen LogP contribution is -2.39. The van der Waals surface area contributed by atoms with Crippen LogP contribution < -0.4 is 11.1 Å². The first-order valence-electron chi connectivity index (χ1n) is 9.70. The van der Waals surface area contributed by atoms with Gasteiger partial charge in [-0.1, -0.05) is 29.3 Å². The highest BCUT2D eigenvalue weighted by Crippen LogP contribution is 2.30. The van der Waals surface area contributed by atoms with Crippen LogP contribution in [0.5, 0.6) is 0 Å². The summed E-state index contributed by atoms with van der Waals surface area (Å²) in [7, 11) is -2.92. The van der Waals surface area contributed by atoms with E-state index in [9.17, 15) is 13.2 Å². The number of carbonyl (C=O) groups is 1. The van der Waals surface area contributed by atoms with Crippen LogP contribution in [0.4, 0.5) is 11.4 Å². The number of benzene rings is 1. The lowest BCUT2D eigenvalue weighted by atomic mass is 10.3. The summed E-state index contributed by atoms with van der Waals surface area (Å²) in [5.74, 6) is -0.372. The first-order chi connectivity index (χ1) is 15.2. The van der Waals surface area contributed by atoms with E-state index in [-0.39, 0.29) is 17.2 Å². The standard InChI is InChI=1S/C20H20Cl2N6O3S/c21-15-2-1-3-16(22)19(15)28-12-17(18(26-28)20(23)29)25-13-4-5-14(24-10-13)11-27-6-8-32(30,31)9-7-27/h1-5,10,12,25H,6-9,11H2,(H2,23,29). The predicted octanol–water partition coefficient (Wildman–Crippen LogP) is 2.65.